The lowest BCUT2D eigenvalue weighted by Crippen LogP contribution is -2.45. The Morgan fingerprint density at radius 2 is 1.65 bits per heavy atom. The lowest BCUT2D eigenvalue weighted by Gasteiger charge is -2.29. The van der Waals surface area contributed by atoms with Gasteiger partial charge in [0.25, 0.3) is 0 Å². The van der Waals surface area contributed by atoms with Gasteiger partial charge in [-0.15, -0.1) is 0 Å². The highest BCUT2D eigenvalue weighted by atomic mass is 32.2. The summed E-state index contributed by atoms with van der Waals surface area (Å²) in [5.41, 5.74) is 1.70. The van der Waals surface area contributed by atoms with E-state index in [0.29, 0.717) is 25.3 Å². The van der Waals surface area contributed by atoms with Gasteiger partial charge in [0, 0.05) is 30.9 Å². The smallest absolute Gasteiger partial charge is 0.246 e. The second-order valence-corrected chi connectivity index (χ2v) is 10.9. The van der Waals surface area contributed by atoms with Crippen LogP contribution in [0.5, 0.6) is 0 Å². The van der Waals surface area contributed by atoms with E-state index in [-0.39, 0.29) is 28.9 Å². The van der Waals surface area contributed by atoms with Crippen LogP contribution in [0.2, 0.25) is 0 Å². The molecular weight excluding hydrogens is 454 g/mol. The average Bonchev–Trinajstić information content (AvgIpc) is 2.84. The molecule has 1 aliphatic heterocycles. The van der Waals surface area contributed by atoms with E-state index in [0.717, 1.165) is 18.8 Å². The molecule has 0 spiro atoms. The van der Waals surface area contributed by atoms with Crippen molar-refractivity contribution in [2.24, 2.45) is 5.92 Å². The minimum atomic E-state index is -3.57. The first-order valence-corrected chi connectivity index (χ1v) is 13.2. The average molecular weight is 488 g/mol. The molecule has 1 fully saturated rings. The zero-order valence-electron chi connectivity index (χ0n) is 19.7. The number of rotatable bonds is 10. The van der Waals surface area contributed by atoms with Crippen molar-refractivity contribution in [3.8, 4) is 0 Å². The second kappa shape index (κ2) is 12.0. The van der Waals surface area contributed by atoms with E-state index in [1.165, 1.54) is 12.1 Å². The lowest BCUT2D eigenvalue weighted by atomic mass is 10.0. The van der Waals surface area contributed by atoms with Crippen molar-refractivity contribution in [3.05, 3.63) is 54.6 Å². The van der Waals surface area contributed by atoms with Gasteiger partial charge >= 0.3 is 0 Å². The summed E-state index contributed by atoms with van der Waals surface area (Å²) in [5.74, 6) is -0.954. The van der Waals surface area contributed by atoms with Crippen molar-refractivity contribution >= 4 is 33.0 Å². The maximum atomic E-state index is 12.9. The molecule has 0 aromatic heterocycles. The Bertz CT molecular complexity index is 1050. The molecule has 0 unspecified atom stereocenters. The molecule has 1 heterocycles. The van der Waals surface area contributed by atoms with E-state index in [1.807, 2.05) is 38.1 Å². The maximum absolute atomic E-state index is 12.9. The van der Waals surface area contributed by atoms with E-state index in [9.17, 15) is 18.0 Å². The predicted molar refractivity (Wildman–Crippen MR) is 133 cm³/mol. The van der Waals surface area contributed by atoms with Gasteiger partial charge in [0.1, 0.15) is 6.04 Å². The van der Waals surface area contributed by atoms with Gasteiger partial charge in [0.05, 0.1) is 23.9 Å². The van der Waals surface area contributed by atoms with Crippen LogP contribution >= 0.6 is 0 Å². The van der Waals surface area contributed by atoms with Gasteiger partial charge in [0.15, 0.2) is 9.84 Å². The van der Waals surface area contributed by atoms with Crippen LogP contribution in [-0.2, 0) is 24.2 Å². The first-order chi connectivity index (χ1) is 16.2. The number of anilines is 2. The van der Waals surface area contributed by atoms with Crippen molar-refractivity contribution < 1.29 is 22.7 Å². The molecule has 2 N–H and O–H groups in total. The number of amides is 2. The molecule has 2 aromatic rings. The lowest BCUT2D eigenvalue weighted by molar-refractivity contribution is -0.126. The van der Waals surface area contributed by atoms with Crippen LogP contribution in [0.4, 0.5) is 11.4 Å². The molecule has 2 amide bonds. The van der Waals surface area contributed by atoms with Crippen LogP contribution in [0.1, 0.15) is 26.7 Å². The highest BCUT2D eigenvalue weighted by Crippen LogP contribution is 2.20. The summed E-state index contributed by atoms with van der Waals surface area (Å²) < 4.78 is 30.3. The topological polar surface area (TPSA) is 105 Å². The summed E-state index contributed by atoms with van der Waals surface area (Å²) in [4.78, 5) is 27.8. The Balaban J connectivity index is 1.57. The Labute approximate surface area is 201 Å². The summed E-state index contributed by atoms with van der Waals surface area (Å²) in [7, 11) is -3.57. The summed E-state index contributed by atoms with van der Waals surface area (Å²) >= 11 is 0. The molecule has 0 saturated carbocycles. The van der Waals surface area contributed by atoms with Crippen molar-refractivity contribution in [3.63, 3.8) is 0 Å². The van der Waals surface area contributed by atoms with Crippen molar-refractivity contribution in [1.82, 2.24) is 5.32 Å². The summed E-state index contributed by atoms with van der Waals surface area (Å²) in [5, 5.41) is 5.58. The molecular formula is C25H33N3O5S. The second-order valence-electron chi connectivity index (χ2n) is 8.77. The maximum Gasteiger partial charge on any atom is 0.246 e. The molecule has 0 bridgehead atoms. The van der Waals surface area contributed by atoms with Crippen molar-refractivity contribution in [1.29, 1.82) is 0 Å². The Kier molecular flexibility index (Phi) is 9.06. The summed E-state index contributed by atoms with van der Waals surface area (Å²) in [6, 6.07) is 14.8. The molecule has 1 aliphatic rings. The Morgan fingerprint density at radius 3 is 2.26 bits per heavy atom. The number of sulfone groups is 1. The number of nitrogens with one attached hydrogen (secondary N) is 2. The highest BCUT2D eigenvalue weighted by molar-refractivity contribution is 7.91. The normalized spacial score (nSPS) is 15.1. The van der Waals surface area contributed by atoms with Gasteiger partial charge in [0.2, 0.25) is 11.8 Å². The molecule has 1 saturated heterocycles. The molecule has 2 aromatic carbocycles. The van der Waals surface area contributed by atoms with Crippen LogP contribution in [0.15, 0.2) is 59.5 Å². The molecule has 0 radical (unpaired) electrons. The van der Waals surface area contributed by atoms with Crippen LogP contribution < -0.4 is 15.5 Å². The molecule has 184 valence electrons. The minimum absolute atomic E-state index is 0.160. The zero-order valence-corrected chi connectivity index (χ0v) is 20.5. The SMILES string of the molecule is CC(C)C[C@H](NC(=O)CCS(=O)(=O)c1ccccc1)C(=O)Nc1ccc(N2CCOCC2)cc1. The number of hydrogen-bond acceptors (Lipinski definition) is 6. The number of ether oxygens (including phenoxy) is 1. The Morgan fingerprint density at radius 1 is 1.00 bits per heavy atom. The third-order valence-electron chi connectivity index (χ3n) is 5.57. The van der Waals surface area contributed by atoms with Crippen LogP contribution in [-0.4, -0.2) is 58.3 Å². The fourth-order valence-corrected chi connectivity index (χ4v) is 5.01. The van der Waals surface area contributed by atoms with Gasteiger partial charge in [-0.25, -0.2) is 8.42 Å². The fraction of sp³-hybridized carbons (Fsp3) is 0.440. The van der Waals surface area contributed by atoms with E-state index < -0.39 is 21.8 Å². The number of nitrogens with zero attached hydrogens (tertiary/aromatic N) is 1. The number of benzene rings is 2. The van der Waals surface area contributed by atoms with E-state index in [4.69, 9.17) is 4.74 Å². The third kappa shape index (κ3) is 7.56. The minimum Gasteiger partial charge on any atom is -0.378 e. The van der Waals surface area contributed by atoms with Gasteiger partial charge in [-0.1, -0.05) is 32.0 Å². The van der Waals surface area contributed by atoms with Gasteiger partial charge in [-0.2, -0.15) is 0 Å². The van der Waals surface area contributed by atoms with E-state index in [1.54, 1.807) is 18.2 Å². The quantitative estimate of drug-likeness (QED) is 0.534. The number of morpholine rings is 1. The number of hydrogen-bond donors (Lipinski definition) is 2. The molecule has 1 atom stereocenters. The largest absolute Gasteiger partial charge is 0.378 e. The van der Waals surface area contributed by atoms with Gasteiger partial charge in [-0.3, -0.25) is 9.59 Å². The first kappa shape index (κ1) is 25.7. The third-order valence-corrected chi connectivity index (χ3v) is 7.30. The van der Waals surface area contributed by atoms with E-state index in [2.05, 4.69) is 15.5 Å². The Hall–Kier alpha value is -2.91. The van der Waals surface area contributed by atoms with Crippen LogP contribution in [0.3, 0.4) is 0 Å². The molecule has 3 rings (SSSR count). The summed E-state index contributed by atoms with van der Waals surface area (Å²) in [6.07, 6.45) is 0.224. The van der Waals surface area contributed by atoms with Crippen molar-refractivity contribution in [2.75, 3.05) is 42.3 Å². The van der Waals surface area contributed by atoms with Crippen LogP contribution in [0, 0.1) is 5.92 Å². The molecule has 9 heteroatoms. The van der Waals surface area contributed by atoms with E-state index >= 15 is 0 Å². The predicted octanol–water partition coefficient (Wildman–Crippen LogP) is 2.86. The number of carbonyl (C=O) groups is 2. The molecule has 8 nitrogen and oxygen atoms in total. The molecule has 34 heavy (non-hydrogen) atoms. The standard InChI is InChI=1S/C25H33N3O5S/c1-19(2)18-23(27-24(29)12-17-34(31,32)22-6-4-3-5-7-22)25(30)26-20-8-10-21(11-9-20)28-13-15-33-16-14-28/h3-11,19,23H,12-18H2,1-2H3,(H,26,30)(H,27,29)/t23-/m0/s1. The highest BCUT2D eigenvalue weighted by Gasteiger charge is 2.24. The first-order valence-electron chi connectivity index (χ1n) is 11.6. The van der Waals surface area contributed by atoms with Gasteiger partial charge < -0.3 is 20.3 Å². The number of carbonyl (C=O) groups excluding carboxylic acids is 2. The molecule has 0 aliphatic carbocycles. The zero-order chi connectivity index (χ0) is 24.6. The van der Waals surface area contributed by atoms with Crippen molar-refractivity contribution in [2.45, 2.75) is 37.6 Å². The fourth-order valence-electron chi connectivity index (χ4n) is 3.75. The van der Waals surface area contributed by atoms with Crippen LogP contribution in [0.25, 0.3) is 0 Å². The monoisotopic (exact) mass is 487 g/mol. The summed E-state index contributed by atoms with van der Waals surface area (Å²) in [6.45, 7) is 6.97. The van der Waals surface area contributed by atoms with Gasteiger partial charge in [-0.05, 0) is 48.7 Å².